The van der Waals surface area contributed by atoms with Crippen molar-refractivity contribution in [2.75, 3.05) is 19.8 Å². The van der Waals surface area contributed by atoms with E-state index in [-0.39, 0.29) is 0 Å². The smallest absolute Gasteiger partial charge is 0.389 e. The molecule has 0 aromatic carbocycles. The van der Waals surface area contributed by atoms with Gasteiger partial charge in [0.1, 0.15) is 5.73 Å². The first-order chi connectivity index (χ1) is 6.66. The maximum Gasteiger partial charge on any atom is 0.531 e. The van der Waals surface area contributed by atoms with Gasteiger partial charge in [0.25, 0.3) is 0 Å². The van der Waals surface area contributed by atoms with E-state index >= 15 is 0 Å². The second-order valence-electron chi connectivity index (χ2n) is 2.83. The highest BCUT2D eigenvalue weighted by Crippen LogP contribution is 2.17. The highest BCUT2D eigenvalue weighted by Gasteiger charge is 2.47. The fraction of sp³-hybridized carbons (Fsp3) is 1.00. The monoisotopic (exact) mass is 222 g/mol. The highest BCUT2D eigenvalue weighted by molar-refractivity contribution is 6.62. The van der Waals surface area contributed by atoms with Crippen molar-refractivity contribution < 1.29 is 18.4 Å². The van der Waals surface area contributed by atoms with Gasteiger partial charge >= 0.3 is 8.80 Å². The van der Waals surface area contributed by atoms with Gasteiger partial charge in [0.15, 0.2) is 0 Å². The first kappa shape index (κ1) is 14.1. The van der Waals surface area contributed by atoms with Crippen LogP contribution in [0.3, 0.4) is 0 Å². The minimum absolute atomic E-state index is 0.503. The molecule has 1 atom stereocenters. The van der Waals surface area contributed by atoms with Gasteiger partial charge in [-0.3, -0.25) is 0 Å². The van der Waals surface area contributed by atoms with Gasteiger partial charge in [-0.1, -0.05) is 6.92 Å². The molecule has 0 saturated carbocycles. The largest absolute Gasteiger partial charge is 0.531 e. The van der Waals surface area contributed by atoms with Crippen LogP contribution in [0.2, 0.25) is 0 Å². The summed E-state index contributed by atoms with van der Waals surface area (Å²) in [4.78, 5) is 0. The van der Waals surface area contributed by atoms with Crippen LogP contribution in [-0.4, -0.2) is 39.5 Å². The maximum absolute atomic E-state index is 9.85. The third kappa shape index (κ3) is 3.66. The van der Waals surface area contributed by atoms with E-state index in [1.807, 2.05) is 27.7 Å². The molecule has 0 fully saturated rings. The maximum atomic E-state index is 9.85. The Bertz CT molecular complexity index is 126. The van der Waals surface area contributed by atoms with E-state index in [2.05, 4.69) is 0 Å². The average molecular weight is 222 g/mol. The minimum atomic E-state index is -2.84. The van der Waals surface area contributed by atoms with Crippen LogP contribution in [0.15, 0.2) is 0 Å². The summed E-state index contributed by atoms with van der Waals surface area (Å²) in [6.07, 6.45) is 0.590. The zero-order chi connectivity index (χ0) is 11.0. The Morgan fingerprint density at radius 3 is 1.50 bits per heavy atom. The fourth-order valence-electron chi connectivity index (χ4n) is 1.27. The van der Waals surface area contributed by atoms with Crippen LogP contribution in [0.4, 0.5) is 0 Å². The van der Waals surface area contributed by atoms with Crippen LogP contribution in [0.25, 0.3) is 0 Å². The molecule has 0 aliphatic heterocycles. The van der Waals surface area contributed by atoms with Crippen LogP contribution < -0.4 is 0 Å². The molecule has 4 nitrogen and oxygen atoms in total. The Labute approximate surface area is 87.5 Å². The van der Waals surface area contributed by atoms with Gasteiger partial charge in [-0.15, -0.1) is 0 Å². The Hall–Kier alpha value is 0.0569. The van der Waals surface area contributed by atoms with Gasteiger partial charge in [0.2, 0.25) is 0 Å². The number of hydrogen-bond acceptors (Lipinski definition) is 4. The van der Waals surface area contributed by atoms with Crippen molar-refractivity contribution in [1.29, 1.82) is 0 Å². The highest BCUT2D eigenvalue weighted by atomic mass is 28.4. The minimum Gasteiger partial charge on any atom is -0.389 e. The fourth-order valence-corrected chi connectivity index (χ4v) is 3.80. The molecule has 1 unspecified atom stereocenters. The van der Waals surface area contributed by atoms with Crippen LogP contribution in [0.5, 0.6) is 0 Å². The van der Waals surface area contributed by atoms with E-state index in [0.29, 0.717) is 26.2 Å². The van der Waals surface area contributed by atoms with Crippen molar-refractivity contribution in [2.45, 2.75) is 39.8 Å². The molecule has 0 amide bonds. The van der Waals surface area contributed by atoms with E-state index in [0.717, 1.165) is 0 Å². The Morgan fingerprint density at radius 1 is 0.929 bits per heavy atom. The third-order valence-corrected chi connectivity index (χ3v) is 5.13. The van der Waals surface area contributed by atoms with Gasteiger partial charge in [-0.25, -0.2) is 0 Å². The number of aliphatic hydroxyl groups excluding tert-OH is 1. The van der Waals surface area contributed by atoms with Crippen molar-refractivity contribution in [3.63, 3.8) is 0 Å². The Morgan fingerprint density at radius 2 is 1.29 bits per heavy atom. The van der Waals surface area contributed by atoms with Gasteiger partial charge in [-0.2, -0.15) is 0 Å². The molecule has 14 heavy (non-hydrogen) atoms. The summed E-state index contributed by atoms with van der Waals surface area (Å²) in [6, 6.07) is 0. The molecule has 0 aromatic rings. The molecule has 1 N–H and O–H groups in total. The molecular weight excluding hydrogens is 200 g/mol. The molecule has 0 aromatic heterocycles. The molecule has 5 heteroatoms. The second kappa shape index (κ2) is 7.36. The van der Waals surface area contributed by atoms with Gasteiger partial charge in [0.05, 0.1) is 0 Å². The predicted molar refractivity (Wildman–Crippen MR) is 56.9 cm³/mol. The molecule has 0 aliphatic carbocycles. The lowest BCUT2D eigenvalue weighted by atomic mass is 10.5. The van der Waals surface area contributed by atoms with Crippen molar-refractivity contribution >= 4 is 8.80 Å². The zero-order valence-corrected chi connectivity index (χ0v) is 10.6. The van der Waals surface area contributed by atoms with Gasteiger partial charge in [-0.05, 0) is 27.2 Å². The standard InChI is InChI=1S/C9H22O4Si/c1-5-9(10)14(11-6-2,12-7-3)13-8-4/h9-10H,5-8H2,1-4H3. The average Bonchev–Trinajstić information content (AvgIpc) is 2.17. The zero-order valence-electron chi connectivity index (χ0n) is 9.58. The van der Waals surface area contributed by atoms with Crippen LogP contribution in [0.1, 0.15) is 34.1 Å². The van der Waals surface area contributed by atoms with Crippen molar-refractivity contribution in [2.24, 2.45) is 0 Å². The van der Waals surface area contributed by atoms with E-state index in [9.17, 15) is 5.11 Å². The summed E-state index contributed by atoms with van der Waals surface area (Å²) in [6.45, 7) is 9.03. The van der Waals surface area contributed by atoms with Crippen LogP contribution >= 0.6 is 0 Å². The van der Waals surface area contributed by atoms with Crippen molar-refractivity contribution in [3.8, 4) is 0 Å². The molecule has 86 valence electrons. The molecule has 0 heterocycles. The summed E-state index contributed by atoms with van der Waals surface area (Å²) >= 11 is 0. The summed E-state index contributed by atoms with van der Waals surface area (Å²) in [5.41, 5.74) is -0.623. The number of aliphatic hydroxyl groups is 1. The van der Waals surface area contributed by atoms with E-state index in [1.54, 1.807) is 0 Å². The molecule has 0 bridgehead atoms. The third-order valence-electron chi connectivity index (χ3n) is 1.83. The topological polar surface area (TPSA) is 47.9 Å². The molecule has 0 saturated heterocycles. The van der Waals surface area contributed by atoms with E-state index in [4.69, 9.17) is 13.3 Å². The second-order valence-corrected chi connectivity index (χ2v) is 5.57. The van der Waals surface area contributed by atoms with Crippen LogP contribution in [0, 0.1) is 0 Å². The first-order valence-corrected chi connectivity index (χ1v) is 7.06. The summed E-state index contributed by atoms with van der Waals surface area (Å²) < 4.78 is 16.5. The first-order valence-electron chi connectivity index (χ1n) is 5.26. The summed E-state index contributed by atoms with van der Waals surface area (Å²) in [7, 11) is -2.84. The van der Waals surface area contributed by atoms with Gasteiger partial charge in [0, 0.05) is 19.8 Å². The Kier molecular flexibility index (Phi) is 7.39. The Balaban J connectivity index is 4.53. The van der Waals surface area contributed by atoms with Crippen LogP contribution in [-0.2, 0) is 13.3 Å². The summed E-state index contributed by atoms with van der Waals surface area (Å²) in [5, 5.41) is 9.85. The molecule has 0 rings (SSSR count). The quantitative estimate of drug-likeness (QED) is 0.630. The number of hydrogen-bond donors (Lipinski definition) is 1. The lowest BCUT2D eigenvalue weighted by Gasteiger charge is -2.31. The van der Waals surface area contributed by atoms with E-state index < -0.39 is 14.5 Å². The van der Waals surface area contributed by atoms with Crippen molar-refractivity contribution in [3.05, 3.63) is 0 Å². The SMILES string of the molecule is CCO[Si](OCC)(OCC)C(O)CC. The van der Waals surface area contributed by atoms with Crippen molar-refractivity contribution in [1.82, 2.24) is 0 Å². The molecule has 0 radical (unpaired) electrons. The molecule has 0 aliphatic rings. The van der Waals surface area contributed by atoms with Gasteiger partial charge < -0.3 is 18.4 Å². The van der Waals surface area contributed by atoms with E-state index in [1.165, 1.54) is 0 Å². The lowest BCUT2D eigenvalue weighted by molar-refractivity contribution is 0.0212. The molecule has 0 spiro atoms. The normalized spacial score (nSPS) is 14.4. The summed E-state index contributed by atoms with van der Waals surface area (Å²) in [5.74, 6) is 0. The number of rotatable bonds is 8. The predicted octanol–water partition coefficient (Wildman–Crippen LogP) is 1.34. The molecular formula is C9H22O4Si. The lowest BCUT2D eigenvalue weighted by Crippen LogP contribution is -2.56.